The zero-order valence-corrected chi connectivity index (χ0v) is 11.8. The minimum atomic E-state index is -4.29. The molecule has 1 unspecified atom stereocenters. The summed E-state index contributed by atoms with van der Waals surface area (Å²) in [6.07, 6.45) is -3.56. The lowest BCUT2D eigenvalue weighted by Crippen LogP contribution is -2.28. The van der Waals surface area contributed by atoms with Crippen LogP contribution in [0.5, 0.6) is 0 Å². The number of halogens is 3. The van der Waals surface area contributed by atoms with Crippen LogP contribution in [0.1, 0.15) is 35.1 Å². The van der Waals surface area contributed by atoms with Gasteiger partial charge in [-0.25, -0.2) is 0 Å². The molecule has 1 fully saturated rings. The molecule has 6 heteroatoms. The van der Waals surface area contributed by atoms with Crippen molar-refractivity contribution in [2.24, 2.45) is 0 Å². The number of alkyl halides is 3. The highest BCUT2D eigenvalue weighted by Crippen LogP contribution is 2.27. The van der Waals surface area contributed by atoms with Crippen LogP contribution in [0.25, 0.3) is 0 Å². The van der Waals surface area contributed by atoms with Gasteiger partial charge in [0, 0.05) is 22.3 Å². The van der Waals surface area contributed by atoms with E-state index in [1.54, 1.807) is 11.3 Å². The predicted octanol–water partition coefficient (Wildman–Crippen LogP) is 3.78. The molecule has 0 radical (unpaired) electrons. The van der Waals surface area contributed by atoms with Crippen LogP contribution in [0.15, 0.2) is 6.07 Å². The molecule has 0 aromatic carbocycles. The Bertz CT molecular complexity index is 426. The van der Waals surface area contributed by atoms with Crippen molar-refractivity contribution in [3.05, 3.63) is 21.4 Å². The quantitative estimate of drug-likeness (QED) is 0.862. The van der Waals surface area contributed by atoms with Gasteiger partial charge in [-0.15, -0.1) is 11.3 Å². The minimum absolute atomic E-state index is 0.0203. The molecule has 1 heterocycles. The number of thiophene rings is 1. The van der Waals surface area contributed by atoms with E-state index in [9.17, 15) is 13.2 Å². The molecule has 1 saturated carbocycles. The van der Waals surface area contributed by atoms with E-state index in [2.05, 4.69) is 5.32 Å². The lowest BCUT2D eigenvalue weighted by atomic mass is 10.2. The van der Waals surface area contributed by atoms with E-state index in [1.165, 1.54) is 12.8 Å². The molecule has 1 aliphatic rings. The van der Waals surface area contributed by atoms with Crippen LogP contribution in [-0.4, -0.2) is 18.3 Å². The number of hydrogen-bond acceptors (Lipinski definition) is 3. The molecule has 0 bridgehead atoms. The van der Waals surface area contributed by atoms with E-state index in [-0.39, 0.29) is 6.61 Å². The van der Waals surface area contributed by atoms with Crippen LogP contribution < -0.4 is 5.32 Å². The Morgan fingerprint density at radius 2 is 2.16 bits per heavy atom. The van der Waals surface area contributed by atoms with E-state index in [4.69, 9.17) is 4.74 Å². The van der Waals surface area contributed by atoms with Crippen molar-refractivity contribution in [1.29, 1.82) is 0 Å². The number of rotatable bonds is 6. The van der Waals surface area contributed by atoms with Gasteiger partial charge in [0.15, 0.2) is 6.10 Å². The van der Waals surface area contributed by atoms with Crippen molar-refractivity contribution >= 4 is 11.3 Å². The first kappa shape index (κ1) is 14.8. The Morgan fingerprint density at radius 3 is 2.74 bits per heavy atom. The van der Waals surface area contributed by atoms with Crippen molar-refractivity contribution in [1.82, 2.24) is 5.32 Å². The van der Waals surface area contributed by atoms with Crippen LogP contribution in [0, 0.1) is 6.92 Å². The molecule has 1 aromatic rings. The van der Waals surface area contributed by atoms with Crippen LogP contribution >= 0.6 is 11.3 Å². The van der Waals surface area contributed by atoms with Gasteiger partial charge in [-0.3, -0.25) is 0 Å². The molecule has 0 aliphatic heterocycles. The lowest BCUT2D eigenvalue weighted by Gasteiger charge is -2.16. The summed E-state index contributed by atoms with van der Waals surface area (Å²) in [6.45, 7) is 3.77. The van der Waals surface area contributed by atoms with Crippen molar-refractivity contribution < 1.29 is 17.9 Å². The van der Waals surface area contributed by atoms with Crippen molar-refractivity contribution in [2.45, 2.75) is 58.2 Å². The summed E-state index contributed by atoms with van der Waals surface area (Å²) in [4.78, 5) is 2.18. The van der Waals surface area contributed by atoms with Gasteiger partial charge in [0.05, 0.1) is 6.61 Å². The Balaban J connectivity index is 1.85. The van der Waals surface area contributed by atoms with E-state index in [0.29, 0.717) is 6.04 Å². The second-order valence-electron chi connectivity index (χ2n) is 4.94. The summed E-state index contributed by atoms with van der Waals surface area (Å²) < 4.78 is 41.9. The fourth-order valence-corrected chi connectivity index (χ4v) is 2.66. The maximum absolute atomic E-state index is 12.3. The number of hydrogen-bond donors (Lipinski definition) is 1. The molecule has 1 atom stereocenters. The van der Waals surface area contributed by atoms with Gasteiger partial charge < -0.3 is 10.1 Å². The van der Waals surface area contributed by atoms with E-state index in [1.807, 2.05) is 13.0 Å². The SMILES string of the molecule is Cc1sc(CNC2CC2)cc1COC(C)C(F)(F)F. The summed E-state index contributed by atoms with van der Waals surface area (Å²) in [6, 6.07) is 2.57. The first-order valence-corrected chi connectivity index (χ1v) is 7.18. The van der Waals surface area contributed by atoms with Crippen LogP contribution in [-0.2, 0) is 17.9 Å². The molecular weight excluding hydrogens is 275 g/mol. The maximum atomic E-state index is 12.3. The van der Waals surface area contributed by atoms with Crippen LogP contribution in [0.3, 0.4) is 0 Å². The first-order chi connectivity index (χ1) is 8.86. The molecule has 1 N–H and O–H groups in total. The van der Waals surface area contributed by atoms with E-state index >= 15 is 0 Å². The van der Waals surface area contributed by atoms with Crippen LogP contribution in [0.4, 0.5) is 13.2 Å². The highest BCUT2D eigenvalue weighted by Gasteiger charge is 2.36. The van der Waals surface area contributed by atoms with Gasteiger partial charge in [-0.1, -0.05) is 0 Å². The number of nitrogens with one attached hydrogen (secondary N) is 1. The summed E-state index contributed by atoms with van der Waals surface area (Å²) >= 11 is 1.62. The van der Waals surface area contributed by atoms with Gasteiger partial charge in [0.25, 0.3) is 0 Å². The third kappa shape index (κ3) is 4.47. The summed E-state index contributed by atoms with van der Waals surface area (Å²) in [5.41, 5.74) is 0.855. The fraction of sp³-hybridized carbons (Fsp3) is 0.692. The highest BCUT2D eigenvalue weighted by atomic mass is 32.1. The van der Waals surface area contributed by atoms with Crippen LogP contribution in [0.2, 0.25) is 0 Å². The molecule has 1 aromatic heterocycles. The van der Waals surface area contributed by atoms with Crippen molar-refractivity contribution in [3.8, 4) is 0 Å². The zero-order chi connectivity index (χ0) is 14.0. The molecular formula is C13H18F3NOS. The second-order valence-corrected chi connectivity index (χ2v) is 6.29. The summed E-state index contributed by atoms with van der Waals surface area (Å²) in [7, 11) is 0. The van der Waals surface area contributed by atoms with Gasteiger partial charge in [0.1, 0.15) is 0 Å². The topological polar surface area (TPSA) is 21.3 Å². The Morgan fingerprint density at radius 1 is 1.47 bits per heavy atom. The van der Waals surface area contributed by atoms with Gasteiger partial charge >= 0.3 is 6.18 Å². The van der Waals surface area contributed by atoms with Gasteiger partial charge in [0.2, 0.25) is 0 Å². The molecule has 19 heavy (non-hydrogen) atoms. The number of ether oxygens (including phenoxy) is 1. The third-order valence-electron chi connectivity index (χ3n) is 3.16. The van der Waals surface area contributed by atoms with Gasteiger partial charge in [-0.2, -0.15) is 13.2 Å². The molecule has 0 saturated heterocycles. The Kier molecular flexibility index (Phi) is 4.53. The predicted molar refractivity (Wildman–Crippen MR) is 69.2 cm³/mol. The summed E-state index contributed by atoms with van der Waals surface area (Å²) in [5, 5.41) is 3.39. The van der Waals surface area contributed by atoms with E-state index in [0.717, 1.165) is 28.8 Å². The number of aryl methyl sites for hydroxylation is 1. The zero-order valence-electron chi connectivity index (χ0n) is 11.0. The maximum Gasteiger partial charge on any atom is 0.414 e. The minimum Gasteiger partial charge on any atom is -0.364 e. The summed E-state index contributed by atoms with van der Waals surface area (Å²) in [5.74, 6) is 0. The average Bonchev–Trinajstić information content (AvgIpc) is 3.07. The molecule has 1 aliphatic carbocycles. The fourth-order valence-electron chi connectivity index (χ4n) is 1.66. The second kappa shape index (κ2) is 5.81. The highest BCUT2D eigenvalue weighted by molar-refractivity contribution is 7.12. The monoisotopic (exact) mass is 293 g/mol. The molecule has 2 rings (SSSR count). The molecule has 0 amide bonds. The standard InChI is InChI=1S/C13H18F3NOS/c1-8-10(7-18-9(2)13(14,15)16)5-12(19-8)6-17-11-3-4-11/h5,9,11,17H,3-4,6-7H2,1-2H3. The van der Waals surface area contributed by atoms with Crippen molar-refractivity contribution in [3.63, 3.8) is 0 Å². The average molecular weight is 293 g/mol. The van der Waals surface area contributed by atoms with Crippen molar-refractivity contribution in [2.75, 3.05) is 0 Å². The smallest absolute Gasteiger partial charge is 0.364 e. The van der Waals surface area contributed by atoms with Gasteiger partial charge in [-0.05, 0) is 38.3 Å². The molecule has 108 valence electrons. The molecule has 0 spiro atoms. The van der Waals surface area contributed by atoms with E-state index < -0.39 is 12.3 Å². The lowest BCUT2D eigenvalue weighted by molar-refractivity contribution is -0.217. The normalized spacial score (nSPS) is 17.7. The largest absolute Gasteiger partial charge is 0.414 e. The Labute approximate surface area is 115 Å². The Hall–Kier alpha value is -0.590. The first-order valence-electron chi connectivity index (χ1n) is 6.36. The third-order valence-corrected chi connectivity index (χ3v) is 4.26. The molecule has 2 nitrogen and oxygen atoms in total.